The van der Waals surface area contributed by atoms with Crippen molar-refractivity contribution in [3.05, 3.63) is 71.3 Å². The highest BCUT2D eigenvalue weighted by molar-refractivity contribution is 5.92. The van der Waals surface area contributed by atoms with Gasteiger partial charge in [-0.15, -0.1) is 0 Å². The Morgan fingerprint density at radius 1 is 1.00 bits per heavy atom. The summed E-state index contributed by atoms with van der Waals surface area (Å²) in [5.74, 6) is -1.49. The van der Waals surface area contributed by atoms with Crippen LogP contribution in [0.15, 0.2) is 54.6 Å². The second kappa shape index (κ2) is 7.82. The average molecular weight is 353 g/mol. The molecule has 0 unspecified atom stereocenters. The largest absolute Gasteiger partial charge is 0.467 e. The van der Waals surface area contributed by atoms with Crippen molar-refractivity contribution in [1.29, 1.82) is 0 Å². The number of rotatable bonds is 4. The first-order chi connectivity index (χ1) is 12.6. The van der Waals surface area contributed by atoms with Crippen molar-refractivity contribution in [1.82, 2.24) is 4.90 Å². The third-order valence-electron chi connectivity index (χ3n) is 4.38. The SMILES string of the molecule is COC(=O)[C@@H]1Cc2ccccc2CN1C(=O)COC(=O)c1ccccc1. The summed E-state index contributed by atoms with van der Waals surface area (Å²) in [6, 6.07) is 15.3. The van der Waals surface area contributed by atoms with Crippen molar-refractivity contribution in [3.8, 4) is 0 Å². The molecule has 2 aromatic carbocycles. The van der Waals surface area contributed by atoms with Crippen LogP contribution in [0.5, 0.6) is 0 Å². The number of fused-ring (bicyclic) bond motifs is 1. The Balaban J connectivity index is 1.72. The van der Waals surface area contributed by atoms with Crippen LogP contribution in [-0.4, -0.2) is 42.5 Å². The van der Waals surface area contributed by atoms with Crippen LogP contribution in [0.25, 0.3) is 0 Å². The predicted octanol–water partition coefficient (Wildman–Crippen LogP) is 1.97. The lowest BCUT2D eigenvalue weighted by Gasteiger charge is -2.35. The van der Waals surface area contributed by atoms with Gasteiger partial charge in [0.15, 0.2) is 6.61 Å². The van der Waals surface area contributed by atoms with Crippen LogP contribution in [0.3, 0.4) is 0 Å². The van der Waals surface area contributed by atoms with Gasteiger partial charge in [0, 0.05) is 13.0 Å². The maximum Gasteiger partial charge on any atom is 0.338 e. The fourth-order valence-electron chi connectivity index (χ4n) is 3.00. The molecular weight excluding hydrogens is 334 g/mol. The first kappa shape index (κ1) is 17.7. The van der Waals surface area contributed by atoms with Gasteiger partial charge < -0.3 is 14.4 Å². The molecule has 1 amide bonds. The predicted molar refractivity (Wildman–Crippen MR) is 93.2 cm³/mol. The zero-order valence-corrected chi connectivity index (χ0v) is 14.4. The minimum atomic E-state index is -0.724. The number of amides is 1. The Labute approximate surface area is 151 Å². The van der Waals surface area contributed by atoms with Crippen LogP contribution in [0.2, 0.25) is 0 Å². The molecule has 3 rings (SSSR count). The smallest absolute Gasteiger partial charge is 0.338 e. The van der Waals surface area contributed by atoms with Crippen molar-refractivity contribution in [2.24, 2.45) is 0 Å². The Kier molecular flexibility index (Phi) is 5.31. The lowest BCUT2D eigenvalue weighted by atomic mass is 9.94. The summed E-state index contributed by atoms with van der Waals surface area (Å²) < 4.78 is 9.95. The number of nitrogens with zero attached hydrogens (tertiary/aromatic N) is 1. The van der Waals surface area contributed by atoms with Gasteiger partial charge in [-0.2, -0.15) is 0 Å². The molecular formula is C20H19NO5. The van der Waals surface area contributed by atoms with E-state index >= 15 is 0 Å². The number of hydrogen-bond acceptors (Lipinski definition) is 5. The number of methoxy groups -OCH3 is 1. The standard InChI is InChI=1S/C20H19NO5/c1-25-20(24)17-11-15-9-5-6-10-16(15)12-21(17)18(22)13-26-19(23)14-7-3-2-4-8-14/h2-10,17H,11-13H2,1H3/t17-/m0/s1. The van der Waals surface area contributed by atoms with E-state index in [0.717, 1.165) is 11.1 Å². The van der Waals surface area contributed by atoms with Gasteiger partial charge in [0.25, 0.3) is 5.91 Å². The van der Waals surface area contributed by atoms with E-state index in [1.807, 2.05) is 24.3 Å². The maximum absolute atomic E-state index is 12.6. The molecule has 0 N–H and O–H groups in total. The van der Waals surface area contributed by atoms with Crippen molar-refractivity contribution >= 4 is 17.8 Å². The van der Waals surface area contributed by atoms with E-state index in [1.54, 1.807) is 30.3 Å². The highest BCUT2D eigenvalue weighted by Crippen LogP contribution is 2.24. The topological polar surface area (TPSA) is 72.9 Å². The lowest BCUT2D eigenvalue weighted by molar-refractivity contribution is -0.155. The zero-order chi connectivity index (χ0) is 18.5. The number of esters is 2. The molecule has 0 aliphatic carbocycles. The van der Waals surface area contributed by atoms with Crippen molar-refractivity contribution in [2.75, 3.05) is 13.7 Å². The van der Waals surface area contributed by atoms with Crippen LogP contribution in [0.4, 0.5) is 0 Å². The number of benzene rings is 2. The Bertz CT molecular complexity index is 818. The molecule has 0 saturated carbocycles. The fourth-order valence-corrected chi connectivity index (χ4v) is 3.00. The summed E-state index contributed by atoms with van der Waals surface area (Å²) in [4.78, 5) is 38.2. The molecule has 1 heterocycles. The molecule has 6 heteroatoms. The van der Waals surface area contributed by atoms with E-state index in [0.29, 0.717) is 12.0 Å². The molecule has 1 atom stereocenters. The molecule has 134 valence electrons. The van der Waals surface area contributed by atoms with Crippen LogP contribution in [-0.2, 0) is 32.0 Å². The summed E-state index contributed by atoms with van der Waals surface area (Å²) >= 11 is 0. The van der Waals surface area contributed by atoms with E-state index in [2.05, 4.69) is 0 Å². The molecule has 6 nitrogen and oxygen atoms in total. The third kappa shape index (κ3) is 3.74. The first-order valence-corrected chi connectivity index (χ1v) is 8.26. The molecule has 0 saturated heterocycles. The van der Waals surface area contributed by atoms with Gasteiger partial charge in [-0.25, -0.2) is 9.59 Å². The number of carbonyl (C=O) groups is 3. The summed E-state index contributed by atoms with van der Waals surface area (Å²) in [5, 5.41) is 0. The summed E-state index contributed by atoms with van der Waals surface area (Å²) in [6.07, 6.45) is 0.376. The van der Waals surface area contributed by atoms with Gasteiger partial charge in [0.2, 0.25) is 0 Å². The first-order valence-electron chi connectivity index (χ1n) is 8.26. The summed E-state index contributed by atoms with van der Waals surface area (Å²) in [6.45, 7) is -0.152. The van der Waals surface area contributed by atoms with E-state index in [9.17, 15) is 14.4 Å². The average Bonchev–Trinajstić information content (AvgIpc) is 2.70. The molecule has 1 aliphatic heterocycles. The molecule has 0 aromatic heterocycles. The molecule has 26 heavy (non-hydrogen) atoms. The minimum absolute atomic E-state index is 0.275. The second-order valence-electron chi connectivity index (χ2n) is 5.98. The third-order valence-corrected chi connectivity index (χ3v) is 4.38. The van der Waals surface area contributed by atoms with Gasteiger partial charge in [0.05, 0.1) is 12.7 Å². The fraction of sp³-hybridized carbons (Fsp3) is 0.250. The van der Waals surface area contributed by atoms with E-state index < -0.39 is 30.5 Å². The lowest BCUT2D eigenvalue weighted by Crippen LogP contribution is -2.50. The molecule has 0 bridgehead atoms. The van der Waals surface area contributed by atoms with Gasteiger partial charge >= 0.3 is 11.9 Å². The van der Waals surface area contributed by atoms with Crippen molar-refractivity contribution < 1.29 is 23.9 Å². The Morgan fingerprint density at radius 3 is 2.35 bits per heavy atom. The quantitative estimate of drug-likeness (QED) is 0.786. The van der Waals surface area contributed by atoms with Crippen molar-refractivity contribution in [2.45, 2.75) is 19.0 Å². The molecule has 0 spiro atoms. The minimum Gasteiger partial charge on any atom is -0.467 e. The monoisotopic (exact) mass is 353 g/mol. The van der Waals surface area contributed by atoms with E-state index in [-0.39, 0.29) is 6.54 Å². The van der Waals surface area contributed by atoms with E-state index in [4.69, 9.17) is 9.47 Å². The second-order valence-corrected chi connectivity index (χ2v) is 5.98. The zero-order valence-electron chi connectivity index (χ0n) is 14.4. The van der Waals surface area contributed by atoms with Crippen LogP contribution in [0.1, 0.15) is 21.5 Å². The highest BCUT2D eigenvalue weighted by Gasteiger charge is 2.35. The van der Waals surface area contributed by atoms with Gasteiger partial charge in [-0.05, 0) is 23.3 Å². The van der Waals surface area contributed by atoms with Crippen molar-refractivity contribution in [3.63, 3.8) is 0 Å². The maximum atomic E-state index is 12.6. The van der Waals surface area contributed by atoms with Crippen LogP contribution >= 0.6 is 0 Å². The molecule has 1 aliphatic rings. The van der Waals surface area contributed by atoms with Gasteiger partial charge in [-0.3, -0.25) is 4.79 Å². The number of hydrogen-bond donors (Lipinski definition) is 0. The summed E-state index contributed by atoms with van der Waals surface area (Å²) in [7, 11) is 1.29. The Hall–Kier alpha value is -3.15. The molecule has 2 aromatic rings. The summed E-state index contributed by atoms with van der Waals surface area (Å²) in [5.41, 5.74) is 2.34. The van der Waals surface area contributed by atoms with Gasteiger partial charge in [-0.1, -0.05) is 42.5 Å². The number of ether oxygens (including phenoxy) is 2. The van der Waals surface area contributed by atoms with E-state index in [1.165, 1.54) is 12.0 Å². The normalized spacial score (nSPS) is 15.7. The van der Waals surface area contributed by atoms with Crippen LogP contribution < -0.4 is 0 Å². The van der Waals surface area contributed by atoms with Crippen LogP contribution in [0, 0.1) is 0 Å². The highest BCUT2D eigenvalue weighted by atomic mass is 16.5. The molecule has 0 fully saturated rings. The Morgan fingerprint density at radius 2 is 1.65 bits per heavy atom. The molecule has 0 radical (unpaired) electrons. The van der Waals surface area contributed by atoms with Gasteiger partial charge in [0.1, 0.15) is 6.04 Å². The number of carbonyl (C=O) groups excluding carboxylic acids is 3.